The second-order valence-corrected chi connectivity index (χ2v) is 6.95. The second kappa shape index (κ2) is 6.39. The lowest BCUT2D eigenvalue weighted by Crippen LogP contribution is -2.31. The number of sulfonamides is 1. The van der Waals surface area contributed by atoms with Crippen LogP contribution in [0.1, 0.15) is 17.4 Å². The van der Waals surface area contributed by atoms with Crippen molar-refractivity contribution < 1.29 is 12.8 Å². The zero-order valence-electron chi connectivity index (χ0n) is 12.6. The summed E-state index contributed by atoms with van der Waals surface area (Å²) in [5, 5.41) is 4.18. The summed E-state index contributed by atoms with van der Waals surface area (Å²) in [6.45, 7) is 2.06. The lowest BCUT2D eigenvalue weighted by Gasteiger charge is -2.16. The smallest absolute Gasteiger partial charge is 0.240 e. The number of nitrogens with zero attached hydrogens (tertiary/aromatic N) is 2. The maximum absolute atomic E-state index is 12.4. The normalized spacial score (nSPS) is 13.1. The molecular formula is C16H17N3O3S. The van der Waals surface area contributed by atoms with Gasteiger partial charge in [-0.25, -0.2) is 13.1 Å². The molecule has 23 heavy (non-hydrogen) atoms. The Morgan fingerprint density at radius 2 is 2.00 bits per heavy atom. The Labute approximate surface area is 134 Å². The van der Waals surface area contributed by atoms with Gasteiger partial charge in [-0.05, 0) is 37.3 Å². The predicted octanol–water partition coefficient (Wildman–Crippen LogP) is 2.35. The molecule has 0 bridgehead atoms. The minimum Gasteiger partial charge on any atom is -0.467 e. The molecule has 0 aliphatic rings. The summed E-state index contributed by atoms with van der Waals surface area (Å²) in [7, 11) is -3.59. The van der Waals surface area contributed by atoms with Gasteiger partial charge in [0, 0.05) is 18.9 Å². The van der Waals surface area contributed by atoms with Crippen molar-refractivity contribution in [2.45, 2.75) is 17.9 Å². The van der Waals surface area contributed by atoms with E-state index in [9.17, 15) is 8.42 Å². The fourth-order valence-electron chi connectivity index (χ4n) is 2.26. The van der Waals surface area contributed by atoms with Crippen molar-refractivity contribution in [3.05, 3.63) is 72.4 Å². The molecule has 0 aliphatic carbocycles. The molecule has 2 aromatic heterocycles. The molecule has 2 heterocycles. The van der Waals surface area contributed by atoms with Crippen LogP contribution < -0.4 is 4.72 Å². The van der Waals surface area contributed by atoms with Crippen LogP contribution in [0.3, 0.4) is 0 Å². The van der Waals surface area contributed by atoms with Crippen LogP contribution in [0.25, 0.3) is 0 Å². The van der Waals surface area contributed by atoms with Crippen molar-refractivity contribution in [3.63, 3.8) is 0 Å². The summed E-state index contributed by atoms with van der Waals surface area (Å²) >= 11 is 0. The highest BCUT2D eigenvalue weighted by Crippen LogP contribution is 2.18. The molecule has 0 fully saturated rings. The topological polar surface area (TPSA) is 77.1 Å². The van der Waals surface area contributed by atoms with Crippen molar-refractivity contribution in [1.82, 2.24) is 14.5 Å². The minimum absolute atomic E-state index is 0.144. The van der Waals surface area contributed by atoms with E-state index < -0.39 is 10.0 Å². The first-order valence-corrected chi connectivity index (χ1v) is 8.63. The summed E-state index contributed by atoms with van der Waals surface area (Å²) in [6.07, 6.45) is 4.97. The van der Waals surface area contributed by atoms with Crippen LogP contribution >= 0.6 is 0 Å². The third-order valence-electron chi connectivity index (χ3n) is 3.51. The lowest BCUT2D eigenvalue weighted by atomic mass is 10.2. The van der Waals surface area contributed by atoms with Gasteiger partial charge in [-0.2, -0.15) is 5.10 Å². The van der Waals surface area contributed by atoms with E-state index >= 15 is 0 Å². The van der Waals surface area contributed by atoms with Gasteiger partial charge in [-0.3, -0.25) is 4.68 Å². The zero-order valence-corrected chi connectivity index (χ0v) is 13.4. The third-order valence-corrected chi connectivity index (χ3v) is 4.95. The van der Waals surface area contributed by atoms with Gasteiger partial charge in [0.15, 0.2) is 0 Å². The molecule has 120 valence electrons. The number of benzene rings is 1. The van der Waals surface area contributed by atoms with Gasteiger partial charge in [-0.1, -0.05) is 17.7 Å². The quantitative estimate of drug-likeness (QED) is 0.752. The van der Waals surface area contributed by atoms with E-state index in [0.29, 0.717) is 5.76 Å². The first kappa shape index (κ1) is 15.5. The van der Waals surface area contributed by atoms with Crippen molar-refractivity contribution in [3.8, 4) is 0 Å². The molecule has 1 aromatic carbocycles. The van der Waals surface area contributed by atoms with Gasteiger partial charge in [0.25, 0.3) is 0 Å². The summed E-state index contributed by atoms with van der Waals surface area (Å²) in [6, 6.07) is 11.7. The predicted molar refractivity (Wildman–Crippen MR) is 85.4 cm³/mol. The van der Waals surface area contributed by atoms with Crippen LogP contribution in [0, 0.1) is 6.92 Å². The summed E-state index contributed by atoms with van der Waals surface area (Å²) in [4.78, 5) is 0.238. The highest BCUT2D eigenvalue weighted by Gasteiger charge is 2.21. The molecule has 1 unspecified atom stereocenters. The molecule has 3 rings (SSSR count). The number of nitrogens with one attached hydrogen (secondary N) is 1. The van der Waals surface area contributed by atoms with Gasteiger partial charge in [0.05, 0.1) is 11.2 Å². The minimum atomic E-state index is -3.59. The van der Waals surface area contributed by atoms with E-state index in [1.807, 2.05) is 6.92 Å². The average molecular weight is 331 g/mol. The van der Waals surface area contributed by atoms with Crippen LogP contribution in [-0.4, -0.2) is 24.7 Å². The second-order valence-electron chi connectivity index (χ2n) is 5.18. The number of aromatic nitrogens is 2. The first-order chi connectivity index (χ1) is 11.1. The van der Waals surface area contributed by atoms with E-state index in [1.165, 1.54) is 0 Å². The molecule has 0 saturated carbocycles. The van der Waals surface area contributed by atoms with Gasteiger partial charge in [0.1, 0.15) is 11.8 Å². The molecule has 0 aliphatic heterocycles. The van der Waals surface area contributed by atoms with Gasteiger partial charge < -0.3 is 4.42 Å². The molecule has 3 aromatic rings. The molecule has 7 heteroatoms. The van der Waals surface area contributed by atoms with E-state index in [1.54, 1.807) is 65.8 Å². The van der Waals surface area contributed by atoms with Crippen LogP contribution in [-0.2, 0) is 10.0 Å². The third kappa shape index (κ3) is 3.52. The highest BCUT2D eigenvalue weighted by atomic mass is 32.2. The van der Waals surface area contributed by atoms with Crippen molar-refractivity contribution in [2.24, 2.45) is 0 Å². The number of hydrogen-bond donors (Lipinski definition) is 1. The lowest BCUT2D eigenvalue weighted by molar-refractivity contribution is 0.402. The Balaban J connectivity index is 1.80. The van der Waals surface area contributed by atoms with Crippen LogP contribution in [0.15, 0.2) is 70.4 Å². The molecule has 1 atom stereocenters. The molecule has 0 amide bonds. The van der Waals surface area contributed by atoms with Crippen LogP contribution in [0.2, 0.25) is 0 Å². The maximum atomic E-state index is 12.4. The standard InChI is InChI=1S/C16H17N3O3S/c1-13-5-7-14(8-6-13)23(20,21)18-12-15(16-4-2-11-22-16)19-10-3-9-17-19/h2-11,15,18H,12H2,1H3. The Morgan fingerprint density at radius 3 is 2.61 bits per heavy atom. The average Bonchev–Trinajstić information content (AvgIpc) is 3.21. The maximum Gasteiger partial charge on any atom is 0.240 e. The van der Waals surface area contributed by atoms with Crippen LogP contribution in [0.4, 0.5) is 0 Å². The molecule has 1 N–H and O–H groups in total. The van der Waals surface area contributed by atoms with Crippen LogP contribution in [0.5, 0.6) is 0 Å². The Bertz CT molecular complexity index is 804. The van der Waals surface area contributed by atoms with Crippen molar-refractivity contribution in [2.75, 3.05) is 6.54 Å². The fraction of sp³-hybridized carbons (Fsp3) is 0.188. The molecular weight excluding hydrogens is 314 g/mol. The largest absolute Gasteiger partial charge is 0.467 e. The van der Waals surface area contributed by atoms with Crippen molar-refractivity contribution in [1.29, 1.82) is 0 Å². The monoisotopic (exact) mass is 331 g/mol. The SMILES string of the molecule is Cc1ccc(S(=O)(=O)NCC(c2ccco2)n2cccn2)cc1. The van der Waals surface area contributed by atoms with E-state index in [0.717, 1.165) is 5.56 Å². The summed E-state index contributed by atoms with van der Waals surface area (Å²) in [5.41, 5.74) is 1.01. The number of hydrogen-bond acceptors (Lipinski definition) is 4. The van der Waals surface area contributed by atoms with Gasteiger partial charge >= 0.3 is 0 Å². The van der Waals surface area contributed by atoms with E-state index in [2.05, 4.69) is 9.82 Å². The number of aryl methyl sites for hydroxylation is 1. The zero-order chi connectivity index (χ0) is 16.3. The van der Waals surface area contributed by atoms with Crippen molar-refractivity contribution >= 4 is 10.0 Å². The van der Waals surface area contributed by atoms with Gasteiger partial charge in [0.2, 0.25) is 10.0 Å². The molecule has 0 spiro atoms. The molecule has 0 radical (unpaired) electrons. The van der Waals surface area contributed by atoms with Gasteiger partial charge in [-0.15, -0.1) is 0 Å². The first-order valence-electron chi connectivity index (χ1n) is 7.15. The van der Waals surface area contributed by atoms with E-state index in [4.69, 9.17) is 4.42 Å². The number of rotatable bonds is 6. The Hall–Kier alpha value is -2.38. The Morgan fingerprint density at radius 1 is 1.22 bits per heavy atom. The van der Waals surface area contributed by atoms with E-state index in [-0.39, 0.29) is 17.5 Å². The molecule has 6 nitrogen and oxygen atoms in total. The summed E-state index contributed by atoms with van der Waals surface area (Å²) < 4.78 is 34.5. The highest BCUT2D eigenvalue weighted by molar-refractivity contribution is 7.89. The molecule has 0 saturated heterocycles. The number of furan rings is 1. The Kier molecular flexibility index (Phi) is 4.31. The fourth-order valence-corrected chi connectivity index (χ4v) is 3.30. The summed E-state index contributed by atoms with van der Waals surface area (Å²) in [5.74, 6) is 0.639.